The van der Waals surface area contributed by atoms with Crippen LogP contribution in [0.1, 0.15) is 12.1 Å². The first-order valence-corrected chi connectivity index (χ1v) is 4.48. The summed E-state index contributed by atoms with van der Waals surface area (Å²) in [6, 6.07) is 1.80. The first-order chi connectivity index (χ1) is 5.33. The van der Waals surface area contributed by atoms with Gasteiger partial charge in [0, 0.05) is 11.4 Å². The van der Waals surface area contributed by atoms with Crippen LogP contribution in [-0.4, -0.2) is 15.5 Å². The molecule has 4 heteroatoms. The summed E-state index contributed by atoms with van der Waals surface area (Å²) in [4.78, 5) is 0. The van der Waals surface area contributed by atoms with Gasteiger partial charge in [-0.15, -0.1) is 0 Å². The highest BCUT2D eigenvalue weighted by atomic mass is 79.9. The molecule has 1 aromatic rings. The molecule has 0 atom stereocenters. The van der Waals surface area contributed by atoms with Crippen LogP contribution in [0.25, 0.3) is 6.08 Å². The third-order valence-corrected chi connectivity index (χ3v) is 1.65. The SMILES string of the molecule is Nc1cc(C=CCCBr)[nH]n1. The van der Waals surface area contributed by atoms with E-state index in [4.69, 9.17) is 5.73 Å². The van der Waals surface area contributed by atoms with E-state index in [1.165, 1.54) is 0 Å². The van der Waals surface area contributed by atoms with Crippen molar-refractivity contribution in [1.29, 1.82) is 0 Å². The number of nitrogens with one attached hydrogen (secondary N) is 1. The normalized spacial score (nSPS) is 11.0. The number of nitrogens with two attached hydrogens (primary N) is 1. The number of allylic oxidation sites excluding steroid dienone is 1. The molecule has 0 spiro atoms. The third kappa shape index (κ3) is 2.76. The van der Waals surface area contributed by atoms with Crippen molar-refractivity contribution in [2.45, 2.75) is 6.42 Å². The average molecular weight is 216 g/mol. The van der Waals surface area contributed by atoms with Crippen LogP contribution < -0.4 is 5.73 Å². The van der Waals surface area contributed by atoms with Crippen LogP contribution >= 0.6 is 15.9 Å². The van der Waals surface area contributed by atoms with Gasteiger partial charge in [-0.05, 0) is 12.5 Å². The number of rotatable bonds is 3. The maximum atomic E-state index is 5.40. The zero-order chi connectivity index (χ0) is 8.10. The molecule has 0 aliphatic rings. The van der Waals surface area contributed by atoms with Crippen LogP contribution in [0.2, 0.25) is 0 Å². The van der Waals surface area contributed by atoms with Crippen molar-refractivity contribution in [1.82, 2.24) is 10.2 Å². The lowest BCUT2D eigenvalue weighted by Crippen LogP contribution is -1.81. The largest absolute Gasteiger partial charge is 0.382 e. The molecule has 1 heterocycles. The van der Waals surface area contributed by atoms with Gasteiger partial charge >= 0.3 is 0 Å². The molecule has 60 valence electrons. The van der Waals surface area contributed by atoms with Gasteiger partial charge in [0.15, 0.2) is 0 Å². The Morgan fingerprint density at radius 3 is 3.09 bits per heavy atom. The second-order valence-corrected chi connectivity index (χ2v) is 2.92. The predicted octanol–water partition coefficient (Wildman–Crippen LogP) is 1.79. The van der Waals surface area contributed by atoms with Crippen molar-refractivity contribution < 1.29 is 0 Å². The molecule has 0 bridgehead atoms. The zero-order valence-electron chi connectivity index (χ0n) is 6.05. The molecule has 1 aromatic heterocycles. The summed E-state index contributed by atoms with van der Waals surface area (Å²) in [6.45, 7) is 0. The summed E-state index contributed by atoms with van der Waals surface area (Å²) in [7, 11) is 0. The Morgan fingerprint density at radius 1 is 1.73 bits per heavy atom. The molecular weight excluding hydrogens is 206 g/mol. The number of H-pyrrole nitrogens is 1. The van der Waals surface area contributed by atoms with Gasteiger partial charge in [-0.25, -0.2) is 0 Å². The standard InChI is InChI=1S/C7H10BrN3/c8-4-2-1-3-6-5-7(9)11-10-6/h1,3,5H,2,4H2,(H3,9,10,11). The topological polar surface area (TPSA) is 54.7 Å². The summed E-state index contributed by atoms with van der Waals surface area (Å²) in [6.07, 6.45) is 5.03. The van der Waals surface area contributed by atoms with Crippen LogP contribution in [0.4, 0.5) is 5.82 Å². The van der Waals surface area contributed by atoms with E-state index in [0.717, 1.165) is 17.4 Å². The third-order valence-electron chi connectivity index (χ3n) is 1.19. The Kier molecular flexibility index (Phi) is 3.16. The van der Waals surface area contributed by atoms with Crippen molar-refractivity contribution in [2.75, 3.05) is 11.1 Å². The molecule has 0 aromatic carbocycles. The highest BCUT2D eigenvalue weighted by Gasteiger charge is 1.89. The van der Waals surface area contributed by atoms with Crippen LogP contribution in [0.5, 0.6) is 0 Å². The lowest BCUT2D eigenvalue weighted by Gasteiger charge is -1.82. The Morgan fingerprint density at radius 2 is 2.55 bits per heavy atom. The van der Waals surface area contributed by atoms with Gasteiger partial charge in [-0.1, -0.05) is 22.0 Å². The predicted molar refractivity (Wildman–Crippen MR) is 50.4 cm³/mol. The fraction of sp³-hybridized carbons (Fsp3) is 0.286. The molecule has 3 nitrogen and oxygen atoms in total. The van der Waals surface area contributed by atoms with Crippen molar-refractivity contribution in [3.05, 3.63) is 17.8 Å². The summed E-state index contributed by atoms with van der Waals surface area (Å²) in [5, 5.41) is 7.55. The Bertz CT molecular complexity index is 242. The number of halogens is 1. The maximum absolute atomic E-state index is 5.40. The average Bonchev–Trinajstić information content (AvgIpc) is 2.37. The number of hydrogen-bond acceptors (Lipinski definition) is 2. The molecule has 0 fully saturated rings. The van der Waals surface area contributed by atoms with Gasteiger partial charge in [-0.3, -0.25) is 5.10 Å². The van der Waals surface area contributed by atoms with Crippen LogP contribution in [0.15, 0.2) is 12.1 Å². The molecule has 1 rings (SSSR count). The number of hydrogen-bond donors (Lipinski definition) is 2. The van der Waals surface area contributed by atoms with Crippen molar-refractivity contribution in [3.63, 3.8) is 0 Å². The van der Waals surface area contributed by atoms with E-state index < -0.39 is 0 Å². The van der Waals surface area contributed by atoms with E-state index in [1.807, 2.05) is 6.08 Å². The Labute approximate surface area is 73.8 Å². The number of nitrogen functional groups attached to an aromatic ring is 1. The minimum Gasteiger partial charge on any atom is -0.382 e. The molecule has 0 saturated carbocycles. The maximum Gasteiger partial charge on any atom is 0.145 e. The first-order valence-electron chi connectivity index (χ1n) is 3.36. The number of aromatic nitrogens is 2. The van der Waals surface area contributed by atoms with Crippen LogP contribution in [0.3, 0.4) is 0 Å². The number of aromatic amines is 1. The number of anilines is 1. The fourth-order valence-corrected chi connectivity index (χ4v) is 0.976. The quantitative estimate of drug-likeness (QED) is 0.756. The summed E-state index contributed by atoms with van der Waals surface area (Å²) in [5.41, 5.74) is 6.34. The van der Waals surface area contributed by atoms with E-state index in [-0.39, 0.29) is 0 Å². The zero-order valence-corrected chi connectivity index (χ0v) is 7.63. The number of nitrogens with zero attached hydrogens (tertiary/aromatic N) is 1. The minimum absolute atomic E-state index is 0.531. The molecule has 0 aliphatic carbocycles. The van der Waals surface area contributed by atoms with Crippen molar-refractivity contribution >= 4 is 27.8 Å². The molecular formula is C7H10BrN3. The fourth-order valence-electron chi connectivity index (χ4n) is 0.712. The molecule has 0 amide bonds. The number of alkyl halides is 1. The van der Waals surface area contributed by atoms with Gasteiger partial charge in [-0.2, -0.15) is 5.10 Å². The molecule has 3 N–H and O–H groups in total. The molecule has 0 aliphatic heterocycles. The smallest absolute Gasteiger partial charge is 0.145 e. The highest BCUT2D eigenvalue weighted by Crippen LogP contribution is 2.03. The van der Waals surface area contributed by atoms with Crippen LogP contribution in [-0.2, 0) is 0 Å². The van der Waals surface area contributed by atoms with Gasteiger partial charge in [0.05, 0.1) is 5.69 Å². The van der Waals surface area contributed by atoms with E-state index >= 15 is 0 Å². The summed E-state index contributed by atoms with van der Waals surface area (Å²) < 4.78 is 0. The van der Waals surface area contributed by atoms with Gasteiger partial charge in [0.1, 0.15) is 5.82 Å². The van der Waals surface area contributed by atoms with E-state index in [0.29, 0.717) is 5.82 Å². The second kappa shape index (κ2) is 4.18. The van der Waals surface area contributed by atoms with Crippen molar-refractivity contribution in [2.24, 2.45) is 0 Å². The van der Waals surface area contributed by atoms with Crippen molar-refractivity contribution in [3.8, 4) is 0 Å². The first kappa shape index (κ1) is 8.33. The van der Waals surface area contributed by atoms with Gasteiger partial charge in [0.2, 0.25) is 0 Å². The van der Waals surface area contributed by atoms with E-state index in [2.05, 4.69) is 32.2 Å². The van der Waals surface area contributed by atoms with Crippen LogP contribution in [0, 0.1) is 0 Å². The Balaban J connectivity index is 2.50. The molecule has 0 saturated heterocycles. The second-order valence-electron chi connectivity index (χ2n) is 2.13. The lowest BCUT2D eigenvalue weighted by atomic mass is 10.3. The van der Waals surface area contributed by atoms with Gasteiger partial charge < -0.3 is 5.73 Å². The monoisotopic (exact) mass is 215 g/mol. The summed E-state index contributed by atoms with van der Waals surface area (Å²) in [5.74, 6) is 0.531. The Hall–Kier alpha value is -0.770. The van der Waals surface area contributed by atoms with Gasteiger partial charge in [0.25, 0.3) is 0 Å². The lowest BCUT2D eigenvalue weighted by molar-refractivity contribution is 1.08. The van der Waals surface area contributed by atoms with E-state index in [9.17, 15) is 0 Å². The van der Waals surface area contributed by atoms with E-state index in [1.54, 1.807) is 6.07 Å². The highest BCUT2D eigenvalue weighted by molar-refractivity contribution is 9.09. The molecule has 11 heavy (non-hydrogen) atoms. The molecule has 0 radical (unpaired) electrons. The minimum atomic E-state index is 0.531. The molecule has 0 unspecified atom stereocenters. The summed E-state index contributed by atoms with van der Waals surface area (Å²) >= 11 is 3.33.